The van der Waals surface area contributed by atoms with Crippen molar-refractivity contribution in [1.29, 1.82) is 0 Å². The summed E-state index contributed by atoms with van der Waals surface area (Å²) in [6.07, 6.45) is 3.15. The molecular formula is C19H20N4O3. The molecule has 0 spiro atoms. The molecule has 3 rings (SSSR count). The second-order valence-electron chi connectivity index (χ2n) is 5.65. The highest BCUT2D eigenvalue weighted by Gasteiger charge is 2.09. The zero-order valence-electron chi connectivity index (χ0n) is 14.7. The highest BCUT2D eigenvalue weighted by Crippen LogP contribution is 2.23. The zero-order chi connectivity index (χ0) is 18.4. The molecule has 1 heterocycles. The van der Waals surface area contributed by atoms with Crippen LogP contribution in [0.1, 0.15) is 21.5 Å². The molecule has 26 heavy (non-hydrogen) atoms. The molecule has 1 amide bonds. The van der Waals surface area contributed by atoms with Gasteiger partial charge in [0, 0.05) is 17.7 Å². The van der Waals surface area contributed by atoms with Gasteiger partial charge in [-0.05, 0) is 35.9 Å². The van der Waals surface area contributed by atoms with Gasteiger partial charge in [-0.3, -0.25) is 4.79 Å². The Morgan fingerprint density at radius 1 is 1.12 bits per heavy atom. The highest BCUT2D eigenvalue weighted by atomic mass is 16.5. The van der Waals surface area contributed by atoms with E-state index in [1.165, 1.54) is 6.33 Å². The third-order valence-electron chi connectivity index (χ3n) is 3.95. The molecule has 0 unspecified atom stereocenters. The Morgan fingerprint density at radius 2 is 1.92 bits per heavy atom. The van der Waals surface area contributed by atoms with E-state index in [2.05, 4.69) is 15.4 Å². The smallest absolute Gasteiger partial charge is 0.251 e. The van der Waals surface area contributed by atoms with E-state index < -0.39 is 0 Å². The van der Waals surface area contributed by atoms with E-state index in [0.29, 0.717) is 30.2 Å². The maximum atomic E-state index is 12.4. The summed E-state index contributed by atoms with van der Waals surface area (Å²) in [7, 11) is 3.20. The third kappa shape index (κ3) is 4.18. The minimum Gasteiger partial charge on any atom is -0.497 e. The number of rotatable bonds is 7. The maximum absolute atomic E-state index is 12.4. The number of methoxy groups -OCH3 is 2. The van der Waals surface area contributed by atoms with Crippen LogP contribution in [-0.4, -0.2) is 34.9 Å². The molecule has 134 valence electrons. The lowest BCUT2D eigenvalue weighted by molar-refractivity contribution is 0.0950. The van der Waals surface area contributed by atoms with Gasteiger partial charge in [0.25, 0.3) is 5.91 Å². The van der Waals surface area contributed by atoms with Crippen molar-refractivity contribution in [2.75, 3.05) is 14.2 Å². The van der Waals surface area contributed by atoms with Gasteiger partial charge in [-0.15, -0.1) is 0 Å². The molecule has 0 saturated heterocycles. The Bertz CT molecular complexity index is 861. The molecule has 2 aromatic carbocycles. The van der Waals surface area contributed by atoms with Crippen molar-refractivity contribution in [2.24, 2.45) is 0 Å². The van der Waals surface area contributed by atoms with Gasteiger partial charge in [-0.2, -0.15) is 5.10 Å². The Balaban J connectivity index is 1.63. The van der Waals surface area contributed by atoms with Crippen molar-refractivity contribution >= 4 is 5.91 Å². The van der Waals surface area contributed by atoms with Crippen LogP contribution < -0.4 is 14.8 Å². The zero-order valence-corrected chi connectivity index (χ0v) is 14.7. The lowest BCUT2D eigenvalue weighted by atomic mass is 10.1. The number of hydrogen-bond donors (Lipinski definition) is 1. The number of benzene rings is 2. The van der Waals surface area contributed by atoms with Crippen molar-refractivity contribution < 1.29 is 14.3 Å². The average Bonchev–Trinajstić information content (AvgIpc) is 3.19. The predicted octanol–water partition coefficient (Wildman–Crippen LogP) is 2.27. The fourth-order valence-corrected chi connectivity index (χ4v) is 2.56. The van der Waals surface area contributed by atoms with Crippen LogP contribution in [0.15, 0.2) is 55.1 Å². The monoisotopic (exact) mass is 352 g/mol. The second-order valence-corrected chi connectivity index (χ2v) is 5.65. The predicted molar refractivity (Wildman–Crippen MR) is 96.3 cm³/mol. The summed E-state index contributed by atoms with van der Waals surface area (Å²) >= 11 is 0. The van der Waals surface area contributed by atoms with Gasteiger partial charge in [0.15, 0.2) is 0 Å². The first-order valence-electron chi connectivity index (χ1n) is 8.10. The summed E-state index contributed by atoms with van der Waals surface area (Å²) in [5.41, 5.74) is 2.48. The van der Waals surface area contributed by atoms with Crippen molar-refractivity contribution in [3.05, 3.63) is 71.8 Å². The largest absolute Gasteiger partial charge is 0.497 e. The first-order chi connectivity index (χ1) is 12.7. The minimum atomic E-state index is -0.151. The minimum absolute atomic E-state index is 0.151. The van der Waals surface area contributed by atoms with E-state index >= 15 is 0 Å². The van der Waals surface area contributed by atoms with Gasteiger partial charge in [0.05, 0.1) is 20.8 Å². The van der Waals surface area contributed by atoms with Crippen LogP contribution in [0.3, 0.4) is 0 Å². The number of hydrogen-bond acceptors (Lipinski definition) is 5. The molecule has 3 aromatic rings. The third-order valence-corrected chi connectivity index (χ3v) is 3.95. The van der Waals surface area contributed by atoms with E-state index in [9.17, 15) is 4.79 Å². The molecule has 7 heteroatoms. The Morgan fingerprint density at radius 3 is 2.58 bits per heavy atom. The van der Waals surface area contributed by atoms with Crippen LogP contribution in [0.4, 0.5) is 0 Å². The summed E-state index contributed by atoms with van der Waals surface area (Å²) in [4.78, 5) is 16.3. The van der Waals surface area contributed by atoms with Crippen LogP contribution in [0.2, 0.25) is 0 Å². The molecule has 0 aliphatic rings. The van der Waals surface area contributed by atoms with Gasteiger partial charge in [-0.1, -0.05) is 12.1 Å². The normalized spacial score (nSPS) is 10.4. The molecule has 0 atom stereocenters. The van der Waals surface area contributed by atoms with Gasteiger partial charge in [0.1, 0.15) is 24.2 Å². The number of amides is 1. The van der Waals surface area contributed by atoms with Gasteiger partial charge >= 0.3 is 0 Å². The number of aromatic nitrogens is 3. The number of nitrogens with one attached hydrogen (secondary N) is 1. The standard InChI is InChI=1S/C19H20N4O3/c1-25-17-7-8-18(26-2)16(9-17)10-21-19(24)15-5-3-14(4-6-15)11-23-13-20-12-22-23/h3-9,12-13H,10-11H2,1-2H3,(H,21,24). The van der Waals surface area contributed by atoms with E-state index in [-0.39, 0.29) is 5.91 Å². The lowest BCUT2D eigenvalue weighted by Crippen LogP contribution is -2.23. The molecular weight excluding hydrogens is 332 g/mol. The summed E-state index contributed by atoms with van der Waals surface area (Å²) in [6, 6.07) is 12.9. The fraction of sp³-hybridized carbons (Fsp3) is 0.211. The van der Waals surface area contributed by atoms with Crippen LogP contribution in [0, 0.1) is 0 Å². The Labute approximate surface area is 151 Å². The topological polar surface area (TPSA) is 78.3 Å². The van der Waals surface area contributed by atoms with E-state index in [4.69, 9.17) is 9.47 Å². The number of nitrogens with zero attached hydrogens (tertiary/aromatic N) is 3. The van der Waals surface area contributed by atoms with Gasteiger partial charge in [0.2, 0.25) is 0 Å². The van der Waals surface area contributed by atoms with Crippen molar-refractivity contribution in [3.63, 3.8) is 0 Å². The summed E-state index contributed by atoms with van der Waals surface area (Å²) < 4.78 is 12.3. The quantitative estimate of drug-likeness (QED) is 0.706. The molecule has 0 aliphatic heterocycles. The fourth-order valence-electron chi connectivity index (χ4n) is 2.56. The molecule has 0 fully saturated rings. The van der Waals surface area contributed by atoms with Crippen LogP contribution in [0.5, 0.6) is 11.5 Å². The van der Waals surface area contributed by atoms with Crippen LogP contribution >= 0.6 is 0 Å². The highest BCUT2D eigenvalue weighted by molar-refractivity contribution is 5.94. The second kappa shape index (κ2) is 8.15. The SMILES string of the molecule is COc1ccc(OC)c(CNC(=O)c2ccc(Cn3cncn3)cc2)c1. The first-order valence-corrected chi connectivity index (χ1v) is 8.10. The van der Waals surface area contributed by atoms with Crippen LogP contribution in [0.25, 0.3) is 0 Å². The summed E-state index contributed by atoms with van der Waals surface area (Å²) in [5, 5.41) is 6.97. The van der Waals surface area contributed by atoms with Gasteiger partial charge < -0.3 is 14.8 Å². The first kappa shape index (κ1) is 17.5. The van der Waals surface area contributed by atoms with Crippen LogP contribution in [-0.2, 0) is 13.1 Å². The van der Waals surface area contributed by atoms with E-state index in [1.807, 2.05) is 30.3 Å². The molecule has 7 nitrogen and oxygen atoms in total. The van der Waals surface area contributed by atoms with E-state index in [1.54, 1.807) is 37.4 Å². The molecule has 0 bridgehead atoms. The number of ether oxygens (including phenoxy) is 2. The average molecular weight is 352 g/mol. The summed E-state index contributed by atoms with van der Waals surface area (Å²) in [6.45, 7) is 0.961. The summed E-state index contributed by atoms with van der Waals surface area (Å²) in [5.74, 6) is 1.27. The van der Waals surface area contributed by atoms with Gasteiger partial charge in [-0.25, -0.2) is 9.67 Å². The number of carbonyl (C=O) groups is 1. The lowest BCUT2D eigenvalue weighted by Gasteiger charge is -2.11. The molecule has 1 aromatic heterocycles. The molecule has 1 N–H and O–H groups in total. The Kier molecular flexibility index (Phi) is 5.48. The molecule has 0 saturated carbocycles. The molecule has 0 aliphatic carbocycles. The maximum Gasteiger partial charge on any atom is 0.251 e. The van der Waals surface area contributed by atoms with Crippen molar-refractivity contribution in [3.8, 4) is 11.5 Å². The molecule has 0 radical (unpaired) electrons. The van der Waals surface area contributed by atoms with E-state index in [0.717, 1.165) is 11.1 Å². The van der Waals surface area contributed by atoms with Crippen molar-refractivity contribution in [1.82, 2.24) is 20.1 Å². The van der Waals surface area contributed by atoms with Crippen molar-refractivity contribution in [2.45, 2.75) is 13.1 Å². The number of carbonyl (C=O) groups excluding carboxylic acids is 1. The Hall–Kier alpha value is -3.35.